The Balaban J connectivity index is 2.99. The van der Waals surface area contributed by atoms with E-state index in [1.807, 2.05) is 0 Å². The molecule has 88 valence electrons. The number of carbonyl (C=O) groups is 2. The van der Waals surface area contributed by atoms with Crippen LogP contribution in [0.4, 0.5) is 0 Å². The molecule has 0 aromatic heterocycles. The third-order valence-corrected chi connectivity index (χ3v) is 1.32. The molecule has 0 aliphatic rings. The highest BCUT2D eigenvalue weighted by Crippen LogP contribution is 1.77. The zero-order valence-corrected chi connectivity index (χ0v) is 8.40. The smallest absolute Gasteiger partial charge is 0.317 e. The summed E-state index contributed by atoms with van der Waals surface area (Å²) in [4.78, 5) is 20.3. The van der Waals surface area contributed by atoms with Crippen LogP contribution >= 0.6 is 0 Å². The van der Waals surface area contributed by atoms with Crippen molar-refractivity contribution in [1.82, 2.24) is 5.32 Å². The van der Waals surface area contributed by atoms with Gasteiger partial charge in [0.05, 0.1) is 26.4 Å². The summed E-state index contributed by atoms with van der Waals surface area (Å²) in [6, 6.07) is 0. The van der Waals surface area contributed by atoms with Crippen LogP contribution in [-0.4, -0.2) is 56.5 Å². The number of primary amides is 1. The molecule has 0 atom stereocenters. The van der Waals surface area contributed by atoms with Crippen LogP contribution in [0.25, 0.3) is 0 Å². The summed E-state index contributed by atoms with van der Waals surface area (Å²) < 4.78 is 9.89. The van der Waals surface area contributed by atoms with E-state index in [9.17, 15) is 9.59 Å². The Hall–Kier alpha value is -1.18. The number of hydrogen-bond acceptors (Lipinski definition) is 5. The third-order valence-electron chi connectivity index (χ3n) is 1.32. The summed E-state index contributed by atoms with van der Waals surface area (Å²) in [5.74, 6) is -1.42. The Labute approximate surface area is 87.5 Å². The van der Waals surface area contributed by atoms with Crippen molar-refractivity contribution < 1.29 is 24.2 Å². The van der Waals surface area contributed by atoms with Crippen molar-refractivity contribution in [2.75, 3.05) is 39.5 Å². The first-order valence-electron chi connectivity index (χ1n) is 4.49. The summed E-state index contributed by atoms with van der Waals surface area (Å²) in [7, 11) is 0. The normalized spacial score (nSPS) is 10.1. The van der Waals surface area contributed by atoms with Gasteiger partial charge < -0.3 is 25.6 Å². The number of aliphatic carboxylic acids is 1. The van der Waals surface area contributed by atoms with E-state index in [0.717, 1.165) is 0 Å². The van der Waals surface area contributed by atoms with Gasteiger partial charge in [-0.1, -0.05) is 0 Å². The molecule has 0 radical (unpaired) electrons. The van der Waals surface area contributed by atoms with E-state index in [-0.39, 0.29) is 13.2 Å². The molecule has 0 aromatic rings. The molecule has 0 unspecified atom stereocenters. The number of carboxylic acids is 1. The van der Waals surface area contributed by atoms with Crippen LogP contribution in [0.3, 0.4) is 0 Å². The number of nitrogens with two attached hydrogens (primary N) is 1. The molecule has 7 heteroatoms. The average Bonchev–Trinajstić information content (AvgIpc) is 2.14. The number of hydrogen-bond donors (Lipinski definition) is 3. The van der Waals surface area contributed by atoms with E-state index in [2.05, 4.69) is 5.32 Å². The van der Waals surface area contributed by atoms with Gasteiger partial charge in [0, 0.05) is 6.54 Å². The van der Waals surface area contributed by atoms with Gasteiger partial charge in [0.15, 0.2) is 0 Å². The van der Waals surface area contributed by atoms with Gasteiger partial charge in [-0.2, -0.15) is 0 Å². The quantitative estimate of drug-likeness (QED) is 0.374. The Kier molecular flexibility index (Phi) is 8.64. The number of carbonyl (C=O) groups excluding carboxylic acids is 1. The van der Waals surface area contributed by atoms with Gasteiger partial charge in [-0.15, -0.1) is 0 Å². The maximum absolute atomic E-state index is 10.2. The van der Waals surface area contributed by atoms with Gasteiger partial charge >= 0.3 is 5.97 Å². The molecule has 0 aliphatic heterocycles. The highest BCUT2D eigenvalue weighted by atomic mass is 16.5. The number of ether oxygens (including phenoxy) is 2. The van der Waals surface area contributed by atoms with Crippen molar-refractivity contribution in [3.8, 4) is 0 Å². The second-order valence-electron chi connectivity index (χ2n) is 2.70. The van der Waals surface area contributed by atoms with Gasteiger partial charge in [0.25, 0.3) is 0 Å². The zero-order chi connectivity index (χ0) is 11.5. The lowest BCUT2D eigenvalue weighted by Crippen LogP contribution is -2.26. The van der Waals surface area contributed by atoms with Crippen LogP contribution in [0.1, 0.15) is 0 Å². The first-order valence-corrected chi connectivity index (χ1v) is 4.49. The molecule has 4 N–H and O–H groups in total. The van der Waals surface area contributed by atoms with Crippen molar-refractivity contribution in [3.05, 3.63) is 0 Å². The molecule has 0 rings (SSSR count). The van der Waals surface area contributed by atoms with Gasteiger partial charge in [-0.25, -0.2) is 0 Å². The summed E-state index contributed by atoms with van der Waals surface area (Å²) in [5.41, 5.74) is 4.83. The molecule has 0 fully saturated rings. The largest absolute Gasteiger partial charge is 0.480 e. The lowest BCUT2D eigenvalue weighted by molar-refractivity contribution is -0.136. The van der Waals surface area contributed by atoms with Gasteiger partial charge in [-0.3, -0.25) is 9.59 Å². The van der Waals surface area contributed by atoms with Crippen molar-refractivity contribution in [3.63, 3.8) is 0 Å². The fourth-order valence-corrected chi connectivity index (χ4v) is 0.732. The Morgan fingerprint density at radius 1 is 1.20 bits per heavy atom. The van der Waals surface area contributed by atoms with Gasteiger partial charge in [0.2, 0.25) is 5.91 Å². The second-order valence-corrected chi connectivity index (χ2v) is 2.70. The van der Waals surface area contributed by atoms with Crippen LogP contribution in [0, 0.1) is 0 Å². The van der Waals surface area contributed by atoms with Gasteiger partial charge in [-0.05, 0) is 0 Å². The average molecular weight is 220 g/mol. The number of nitrogens with one attached hydrogen (secondary N) is 1. The Morgan fingerprint density at radius 2 is 1.87 bits per heavy atom. The molecular formula is C8H16N2O5. The van der Waals surface area contributed by atoms with Crippen LogP contribution in [0.15, 0.2) is 0 Å². The van der Waals surface area contributed by atoms with E-state index >= 15 is 0 Å². The highest BCUT2D eigenvalue weighted by Gasteiger charge is 1.95. The van der Waals surface area contributed by atoms with Crippen LogP contribution < -0.4 is 11.1 Å². The van der Waals surface area contributed by atoms with Crippen LogP contribution in [0.5, 0.6) is 0 Å². The van der Waals surface area contributed by atoms with Crippen molar-refractivity contribution in [1.29, 1.82) is 0 Å². The maximum Gasteiger partial charge on any atom is 0.317 e. The van der Waals surface area contributed by atoms with Crippen molar-refractivity contribution in [2.24, 2.45) is 5.73 Å². The minimum atomic E-state index is -0.903. The van der Waals surface area contributed by atoms with E-state index in [1.54, 1.807) is 0 Å². The van der Waals surface area contributed by atoms with E-state index in [0.29, 0.717) is 26.4 Å². The molecule has 1 amide bonds. The number of carboxylic acid groups (broad SMARTS) is 1. The van der Waals surface area contributed by atoms with Crippen LogP contribution in [-0.2, 0) is 19.1 Å². The monoisotopic (exact) mass is 220 g/mol. The zero-order valence-electron chi connectivity index (χ0n) is 8.40. The number of rotatable bonds is 10. The van der Waals surface area contributed by atoms with Gasteiger partial charge in [0.1, 0.15) is 6.61 Å². The minimum Gasteiger partial charge on any atom is -0.480 e. The lowest BCUT2D eigenvalue weighted by atomic mass is 10.6. The lowest BCUT2D eigenvalue weighted by Gasteiger charge is -2.04. The Morgan fingerprint density at radius 3 is 2.47 bits per heavy atom. The standard InChI is InChI=1S/C8H16N2O5/c9-7(11)6-15-4-3-14-2-1-10-5-8(12)13/h10H,1-6H2,(H2,9,11)(H,12,13). The molecule has 0 aromatic carbocycles. The second kappa shape index (κ2) is 9.38. The first-order chi connectivity index (χ1) is 7.13. The molecule has 0 heterocycles. The topological polar surface area (TPSA) is 111 Å². The van der Waals surface area contributed by atoms with Crippen molar-refractivity contribution >= 4 is 11.9 Å². The van der Waals surface area contributed by atoms with E-state index in [1.165, 1.54) is 0 Å². The summed E-state index contributed by atoms with van der Waals surface area (Å²) in [6.45, 7) is 1.31. The molecule has 7 nitrogen and oxygen atoms in total. The first kappa shape index (κ1) is 13.8. The molecule has 15 heavy (non-hydrogen) atoms. The van der Waals surface area contributed by atoms with Crippen LogP contribution in [0.2, 0.25) is 0 Å². The van der Waals surface area contributed by atoms with E-state index in [4.69, 9.17) is 20.3 Å². The van der Waals surface area contributed by atoms with E-state index < -0.39 is 11.9 Å². The summed E-state index contributed by atoms with van der Waals surface area (Å²) in [5, 5.41) is 10.9. The molecule has 0 bridgehead atoms. The SMILES string of the molecule is NC(=O)COCCOCCNCC(=O)O. The predicted molar refractivity (Wildman–Crippen MR) is 51.3 cm³/mol. The molecule has 0 saturated carbocycles. The van der Waals surface area contributed by atoms with Crippen molar-refractivity contribution in [2.45, 2.75) is 0 Å². The molecule has 0 aliphatic carbocycles. The fourth-order valence-electron chi connectivity index (χ4n) is 0.732. The minimum absolute atomic E-state index is 0.0818. The maximum atomic E-state index is 10.2. The number of amides is 1. The molecular weight excluding hydrogens is 204 g/mol. The molecule has 0 saturated heterocycles. The third kappa shape index (κ3) is 12.8. The molecule has 0 spiro atoms. The Bertz CT molecular complexity index is 177. The highest BCUT2D eigenvalue weighted by molar-refractivity contribution is 5.74. The summed E-state index contributed by atoms with van der Waals surface area (Å²) >= 11 is 0. The predicted octanol–water partition coefficient (Wildman–Crippen LogP) is -1.82. The fraction of sp³-hybridized carbons (Fsp3) is 0.750. The summed E-state index contributed by atoms with van der Waals surface area (Å²) in [6.07, 6.45) is 0.